The fraction of sp³-hybridized carbons (Fsp3) is 0.750. The number of allylic oxidation sites excluding steroid dienone is 14. The standard InChI is InChI=1S/C68H118O6/c1-4-7-10-13-16-18-20-22-24-26-28-29-30-31-32-33-34-35-36-37-38-39-41-42-44-46-48-50-52-55-58-61-67(70)73-64-65(63-72-66(69)60-57-54-15-12-9-6-3)74-68(71)62-59-56-53-51-49-47-45-43-40-27-25-23-21-19-17-14-11-8-5-2/h7,10,16-19,22-25,28-29,40,43,65H,4-6,8-9,11-15,20-21,26-27,30-39,41-42,44-64H2,1-3H3/b10-7-,18-16-,19-17-,24-22-,25-23-,29-28-,43-40-. The number of ether oxygens (including phenoxy) is 3. The second-order valence-electron chi connectivity index (χ2n) is 20.9. The number of unbranched alkanes of at least 4 members (excludes halogenated alkanes) is 32. The maximum atomic E-state index is 12.8. The lowest BCUT2D eigenvalue weighted by atomic mass is 10.0. The highest BCUT2D eigenvalue weighted by Crippen LogP contribution is 2.17. The lowest BCUT2D eigenvalue weighted by Crippen LogP contribution is -2.30. The van der Waals surface area contributed by atoms with Crippen molar-refractivity contribution in [2.75, 3.05) is 13.2 Å². The predicted octanol–water partition coefficient (Wildman–Crippen LogP) is 21.5. The maximum Gasteiger partial charge on any atom is 0.306 e. The van der Waals surface area contributed by atoms with Gasteiger partial charge in [0.1, 0.15) is 13.2 Å². The molecule has 426 valence electrons. The summed E-state index contributed by atoms with van der Waals surface area (Å²) in [5.41, 5.74) is 0. The van der Waals surface area contributed by atoms with Crippen LogP contribution in [0.3, 0.4) is 0 Å². The van der Waals surface area contributed by atoms with Crippen LogP contribution in [-0.4, -0.2) is 37.2 Å². The molecule has 0 aliphatic heterocycles. The first kappa shape index (κ1) is 70.6. The molecule has 0 aromatic heterocycles. The highest BCUT2D eigenvalue weighted by atomic mass is 16.6. The zero-order valence-electron chi connectivity index (χ0n) is 48.8. The Kier molecular flexibility index (Phi) is 59.3. The lowest BCUT2D eigenvalue weighted by Gasteiger charge is -2.18. The van der Waals surface area contributed by atoms with Crippen LogP contribution in [0.25, 0.3) is 0 Å². The Hall–Kier alpha value is -3.41. The Morgan fingerprint density at radius 2 is 0.527 bits per heavy atom. The summed E-state index contributed by atoms with van der Waals surface area (Å²) >= 11 is 0. The molecule has 0 heterocycles. The van der Waals surface area contributed by atoms with Gasteiger partial charge in [-0.3, -0.25) is 14.4 Å². The third kappa shape index (κ3) is 59.5. The molecule has 0 rings (SSSR count). The van der Waals surface area contributed by atoms with E-state index in [1.54, 1.807) is 0 Å². The van der Waals surface area contributed by atoms with E-state index in [1.165, 1.54) is 161 Å². The first-order chi connectivity index (χ1) is 36.5. The SMILES string of the molecule is CC/C=C\C/C=C\C/C=C\C/C=C\CCCCCCCCCCCCCCCCCCCCC(=O)OCC(COC(=O)CCCCCCCC)OC(=O)CCCCCCCC/C=C\C/C=C\C/C=C\CCCCC. The molecular weight excluding hydrogens is 913 g/mol. The molecule has 0 amide bonds. The topological polar surface area (TPSA) is 78.9 Å². The third-order valence-electron chi connectivity index (χ3n) is 13.6. The van der Waals surface area contributed by atoms with Gasteiger partial charge in [-0.1, -0.05) is 279 Å². The fourth-order valence-electron chi connectivity index (χ4n) is 8.91. The van der Waals surface area contributed by atoms with Crippen LogP contribution < -0.4 is 0 Å². The van der Waals surface area contributed by atoms with Crippen molar-refractivity contribution >= 4 is 17.9 Å². The molecule has 74 heavy (non-hydrogen) atoms. The van der Waals surface area contributed by atoms with Gasteiger partial charge >= 0.3 is 17.9 Å². The van der Waals surface area contributed by atoms with Crippen LogP contribution >= 0.6 is 0 Å². The van der Waals surface area contributed by atoms with E-state index < -0.39 is 6.10 Å². The van der Waals surface area contributed by atoms with E-state index in [4.69, 9.17) is 14.2 Å². The van der Waals surface area contributed by atoms with Crippen molar-refractivity contribution in [1.82, 2.24) is 0 Å². The van der Waals surface area contributed by atoms with Gasteiger partial charge in [-0.15, -0.1) is 0 Å². The van der Waals surface area contributed by atoms with E-state index in [0.29, 0.717) is 19.3 Å². The molecule has 0 saturated carbocycles. The Morgan fingerprint density at radius 1 is 0.284 bits per heavy atom. The highest BCUT2D eigenvalue weighted by Gasteiger charge is 2.19. The van der Waals surface area contributed by atoms with Crippen LogP contribution in [0, 0.1) is 0 Å². The zero-order chi connectivity index (χ0) is 53.6. The molecule has 6 nitrogen and oxygen atoms in total. The van der Waals surface area contributed by atoms with Crippen molar-refractivity contribution in [2.45, 2.75) is 316 Å². The van der Waals surface area contributed by atoms with E-state index in [1.807, 2.05) is 0 Å². The minimum atomic E-state index is -0.779. The molecular formula is C68H118O6. The molecule has 0 saturated heterocycles. The van der Waals surface area contributed by atoms with Gasteiger partial charge in [-0.25, -0.2) is 0 Å². The molecule has 0 fully saturated rings. The predicted molar refractivity (Wildman–Crippen MR) is 321 cm³/mol. The fourth-order valence-corrected chi connectivity index (χ4v) is 8.91. The van der Waals surface area contributed by atoms with Gasteiger partial charge in [0.25, 0.3) is 0 Å². The summed E-state index contributed by atoms with van der Waals surface area (Å²) in [4.78, 5) is 38.0. The van der Waals surface area contributed by atoms with Gasteiger partial charge in [0.05, 0.1) is 0 Å². The first-order valence-electron chi connectivity index (χ1n) is 31.6. The largest absolute Gasteiger partial charge is 0.462 e. The first-order valence-corrected chi connectivity index (χ1v) is 31.6. The van der Waals surface area contributed by atoms with Crippen LogP contribution in [0.5, 0.6) is 0 Å². The van der Waals surface area contributed by atoms with Crippen LogP contribution in [-0.2, 0) is 28.6 Å². The average Bonchev–Trinajstić information content (AvgIpc) is 3.40. The molecule has 0 bridgehead atoms. The zero-order valence-corrected chi connectivity index (χ0v) is 48.8. The Bertz CT molecular complexity index is 1420. The van der Waals surface area contributed by atoms with Gasteiger partial charge in [-0.2, -0.15) is 0 Å². The van der Waals surface area contributed by atoms with Crippen molar-refractivity contribution in [1.29, 1.82) is 0 Å². The molecule has 6 heteroatoms. The van der Waals surface area contributed by atoms with Gasteiger partial charge < -0.3 is 14.2 Å². The quantitative estimate of drug-likeness (QED) is 0.0261. The monoisotopic (exact) mass is 1030 g/mol. The van der Waals surface area contributed by atoms with Gasteiger partial charge in [0.2, 0.25) is 0 Å². The molecule has 1 atom stereocenters. The summed E-state index contributed by atoms with van der Waals surface area (Å²) in [5.74, 6) is -0.890. The second kappa shape index (κ2) is 62.1. The molecule has 0 aliphatic rings. The summed E-state index contributed by atoms with van der Waals surface area (Å²) in [6, 6.07) is 0. The van der Waals surface area contributed by atoms with Crippen molar-refractivity contribution in [2.24, 2.45) is 0 Å². The number of hydrogen-bond acceptors (Lipinski definition) is 6. The highest BCUT2D eigenvalue weighted by molar-refractivity contribution is 5.71. The summed E-state index contributed by atoms with van der Waals surface area (Å²) in [6.45, 7) is 6.45. The lowest BCUT2D eigenvalue weighted by molar-refractivity contribution is -0.167. The minimum Gasteiger partial charge on any atom is -0.462 e. The van der Waals surface area contributed by atoms with Crippen molar-refractivity contribution in [3.63, 3.8) is 0 Å². The van der Waals surface area contributed by atoms with E-state index in [0.717, 1.165) is 109 Å². The van der Waals surface area contributed by atoms with Gasteiger partial charge in [0.15, 0.2) is 6.10 Å². The van der Waals surface area contributed by atoms with Crippen LogP contribution in [0.15, 0.2) is 85.1 Å². The van der Waals surface area contributed by atoms with E-state index in [-0.39, 0.29) is 31.1 Å². The summed E-state index contributed by atoms with van der Waals surface area (Å²) in [7, 11) is 0. The molecule has 0 aromatic rings. The number of carbonyl (C=O) groups is 3. The summed E-state index contributed by atoms with van der Waals surface area (Å²) < 4.78 is 16.8. The number of hydrogen-bond donors (Lipinski definition) is 0. The van der Waals surface area contributed by atoms with Gasteiger partial charge in [0, 0.05) is 19.3 Å². The number of rotatable bonds is 57. The van der Waals surface area contributed by atoms with Crippen LogP contribution in [0.4, 0.5) is 0 Å². The molecule has 1 unspecified atom stereocenters. The van der Waals surface area contributed by atoms with Crippen molar-refractivity contribution < 1.29 is 28.6 Å². The Balaban J connectivity index is 4.03. The minimum absolute atomic E-state index is 0.0786. The third-order valence-corrected chi connectivity index (χ3v) is 13.6. The van der Waals surface area contributed by atoms with E-state index in [2.05, 4.69) is 106 Å². The van der Waals surface area contributed by atoms with Gasteiger partial charge in [-0.05, 0) is 96.3 Å². The van der Waals surface area contributed by atoms with E-state index in [9.17, 15) is 14.4 Å². The van der Waals surface area contributed by atoms with Crippen LogP contribution in [0.1, 0.15) is 310 Å². The van der Waals surface area contributed by atoms with Crippen LogP contribution in [0.2, 0.25) is 0 Å². The number of esters is 3. The summed E-state index contributed by atoms with van der Waals surface area (Å²) in [6.07, 6.45) is 82.0. The molecule has 0 aliphatic carbocycles. The van der Waals surface area contributed by atoms with Crippen molar-refractivity contribution in [3.8, 4) is 0 Å². The maximum absolute atomic E-state index is 12.8. The Labute approximate surface area is 458 Å². The van der Waals surface area contributed by atoms with Crippen molar-refractivity contribution in [3.05, 3.63) is 85.1 Å². The summed E-state index contributed by atoms with van der Waals surface area (Å²) in [5, 5.41) is 0. The normalized spacial score (nSPS) is 12.6. The smallest absolute Gasteiger partial charge is 0.306 e. The number of carbonyl (C=O) groups excluding carboxylic acids is 3. The molecule has 0 aromatic carbocycles. The second-order valence-corrected chi connectivity index (χ2v) is 20.9. The van der Waals surface area contributed by atoms with E-state index >= 15 is 0 Å². The molecule has 0 spiro atoms. The molecule has 0 N–H and O–H groups in total. The average molecular weight is 1030 g/mol. The Morgan fingerprint density at radius 3 is 0.851 bits per heavy atom. The molecule has 0 radical (unpaired) electrons.